The molecule has 0 aliphatic carbocycles. The molecule has 35 heavy (non-hydrogen) atoms. The van der Waals surface area contributed by atoms with Gasteiger partial charge >= 0.3 is 16.3 Å². The van der Waals surface area contributed by atoms with E-state index in [-0.39, 0.29) is 23.8 Å². The Morgan fingerprint density at radius 2 is 1.63 bits per heavy atom. The molecule has 0 heterocycles. The Kier molecular flexibility index (Phi) is 7.84. The van der Waals surface area contributed by atoms with Crippen LogP contribution >= 0.6 is 0 Å². The number of carbonyl (C=O) groups excluding carboxylic acids is 1. The van der Waals surface area contributed by atoms with E-state index in [2.05, 4.69) is 0 Å². The Bertz CT molecular complexity index is 1290. The summed E-state index contributed by atoms with van der Waals surface area (Å²) in [7, 11) is -4.51. The highest BCUT2D eigenvalue weighted by Gasteiger charge is 2.32. The van der Waals surface area contributed by atoms with Crippen molar-refractivity contribution in [1.29, 1.82) is 0 Å². The van der Waals surface area contributed by atoms with Crippen LogP contribution < -0.4 is 4.18 Å². The van der Waals surface area contributed by atoms with E-state index < -0.39 is 38.5 Å². The van der Waals surface area contributed by atoms with Crippen molar-refractivity contribution in [3.8, 4) is 5.75 Å². The molecule has 0 aliphatic rings. The first-order valence-corrected chi connectivity index (χ1v) is 12.0. The molecular weight excluding hydrogens is 486 g/mol. The first-order chi connectivity index (χ1) is 16.4. The van der Waals surface area contributed by atoms with Gasteiger partial charge in [0, 0.05) is 13.1 Å². The first kappa shape index (κ1) is 26.2. The van der Waals surface area contributed by atoms with E-state index in [1.807, 2.05) is 13.8 Å². The zero-order chi connectivity index (χ0) is 25.8. The Balaban J connectivity index is 1.77. The van der Waals surface area contributed by atoms with E-state index in [1.165, 1.54) is 47.4 Å². The van der Waals surface area contributed by atoms with Gasteiger partial charge in [-0.25, -0.2) is 4.39 Å². The van der Waals surface area contributed by atoms with Crippen LogP contribution in [0.3, 0.4) is 0 Å². The zero-order valence-corrected chi connectivity index (χ0v) is 19.7. The van der Waals surface area contributed by atoms with Gasteiger partial charge in [-0.05, 0) is 53.9 Å². The summed E-state index contributed by atoms with van der Waals surface area (Å²) in [5.41, 5.74) is -0.540. The van der Waals surface area contributed by atoms with Crippen molar-refractivity contribution in [1.82, 2.24) is 4.90 Å². The van der Waals surface area contributed by atoms with Crippen molar-refractivity contribution in [2.24, 2.45) is 5.92 Å². The van der Waals surface area contributed by atoms with Gasteiger partial charge in [0.05, 0.1) is 11.1 Å². The summed E-state index contributed by atoms with van der Waals surface area (Å²) >= 11 is 0. The van der Waals surface area contributed by atoms with Crippen LogP contribution in [0.15, 0.2) is 77.7 Å². The van der Waals surface area contributed by atoms with Crippen molar-refractivity contribution in [3.63, 3.8) is 0 Å². The molecule has 0 saturated heterocycles. The fourth-order valence-electron chi connectivity index (χ4n) is 3.34. The second kappa shape index (κ2) is 10.5. The van der Waals surface area contributed by atoms with Gasteiger partial charge in [0.2, 0.25) is 0 Å². The van der Waals surface area contributed by atoms with Crippen molar-refractivity contribution < 1.29 is 35.0 Å². The summed E-state index contributed by atoms with van der Waals surface area (Å²) in [6, 6.07) is 14.7. The van der Waals surface area contributed by atoms with E-state index in [0.717, 1.165) is 18.2 Å². The van der Waals surface area contributed by atoms with Crippen LogP contribution in [-0.2, 0) is 22.8 Å². The summed E-state index contributed by atoms with van der Waals surface area (Å²) in [6.45, 7) is 4.32. The molecule has 0 saturated carbocycles. The maximum Gasteiger partial charge on any atom is 0.416 e. The molecule has 0 fully saturated rings. The maximum absolute atomic E-state index is 14.1. The number of alkyl halides is 3. The van der Waals surface area contributed by atoms with Crippen LogP contribution in [0.1, 0.15) is 35.3 Å². The predicted octanol–water partition coefficient (Wildman–Crippen LogP) is 5.91. The van der Waals surface area contributed by atoms with Gasteiger partial charge in [-0.3, -0.25) is 4.79 Å². The molecule has 0 aliphatic heterocycles. The highest BCUT2D eigenvalue weighted by Crippen LogP contribution is 2.31. The molecule has 1 amide bonds. The largest absolute Gasteiger partial charge is 0.416 e. The fourth-order valence-corrected chi connectivity index (χ4v) is 4.32. The van der Waals surface area contributed by atoms with E-state index in [4.69, 9.17) is 4.18 Å². The molecule has 3 aromatic carbocycles. The van der Waals surface area contributed by atoms with Gasteiger partial charge in [0.25, 0.3) is 5.91 Å². The average molecular weight is 510 g/mol. The van der Waals surface area contributed by atoms with Crippen LogP contribution in [0.5, 0.6) is 5.75 Å². The molecule has 0 atom stereocenters. The smallest absolute Gasteiger partial charge is 0.379 e. The number of hydrogen-bond acceptors (Lipinski definition) is 4. The Morgan fingerprint density at radius 3 is 2.23 bits per heavy atom. The van der Waals surface area contributed by atoms with Gasteiger partial charge < -0.3 is 9.08 Å². The average Bonchev–Trinajstić information content (AvgIpc) is 2.79. The molecule has 0 spiro atoms. The molecule has 0 unspecified atom stereocenters. The SMILES string of the molecule is CC(C)CN(Cc1ccc(OS(=O)(=O)c2cccc(C(F)(F)F)c2)cc1)C(=O)c1ccccc1F. The van der Waals surface area contributed by atoms with Crippen LogP contribution in [0.25, 0.3) is 0 Å². The Morgan fingerprint density at radius 1 is 0.971 bits per heavy atom. The third-order valence-electron chi connectivity index (χ3n) is 4.93. The van der Waals surface area contributed by atoms with Gasteiger partial charge in [-0.1, -0.05) is 44.2 Å². The van der Waals surface area contributed by atoms with E-state index >= 15 is 0 Å². The molecule has 0 aromatic heterocycles. The lowest BCUT2D eigenvalue weighted by Crippen LogP contribution is -2.34. The second-order valence-corrected chi connectivity index (χ2v) is 9.81. The molecule has 3 aromatic rings. The van der Waals surface area contributed by atoms with Crippen LogP contribution in [0.4, 0.5) is 17.6 Å². The van der Waals surface area contributed by atoms with Crippen molar-refractivity contribution in [2.75, 3.05) is 6.54 Å². The third kappa shape index (κ3) is 6.82. The fraction of sp³-hybridized carbons (Fsp3) is 0.240. The number of amides is 1. The lowest BCUT2D eigenvalue weighted by molar-refractivity contribution is -0.137. The maximum atomic E-state index is 14.1. The summed E-state index contributed by atoms with van der Waals surface area (Å²) < 4.78 is 82.8. The van der Waals surface area contributed by atoms with E-state index in [1.54, 1.807) is 6.07 Å². The lowest BCUT2D eigenvalue weighted by atomic mass is 10.1. The normalized spacial score (nSPS) is 12.0. The predicted molar refractivity (Wildman–Crippen MR) is 122 cm³/mol. The number of hydrogen-bond donors (Lipinski definition) is 0. The molecule has 0 radical (unpaired) electrons. The summed E-state index contributed by atoms with van der Waals surface area (Å²) in [5, 5.41) is 0. The van der Waals surface area contributed by atoms with Crippen molar-refractivity contribution in [3.05, 3.63) is 95.3 Å². The van der Waals surface area contributed by atoms with Gasteiger partial charge in [0.1, 0.15) is 16.5 Å². The molecular formula is C25H23F4NO4S. The van der Waals surface area contributed by atoms with Crippen LogP contribution in [0, 0.1) is 11.7 Å². The minimum atomic E-state index is -4.70. The van der Waals surface area contributed by atoms with Gasteiger partial charge in [-0.2, -0.15) is 21.6 Å². The van der Waals surface area contributed by atoms with Crippen LogP contribution in [0.2, 0.25) is 0 Å². The summed E-state index contributed by atoms with van der Waals surface area (Å²) in [4.78, 5) is 13.8. The molecule has 5 nitrogen and oxygen atoms in total. The van der Waals surface area contributed by atoms with Crippen molar-refractivity contribution >= 4 is 16.0 Å². The van der Waals surface area contributed by atoms with Gasteiger partial charge in [-0.15, -0.1) is 0 Å². The molecule has 0 bridgehead atoms. The monoisotopic (exact) mass is 509 g/mol. The lowest BCUT2D eigenvalue weighted by Gasteiger charge is -2.25. The summed E-state index contributed by atoms with van der Waals surface area (Å²) in [6.07, 6.45) is -4.70. The highest BCUT2D eigenvalue weighted by molar-refractivity contribution is 7.87. The zero-order valence-electron chi connectivity index (χ0n) is 18.9. The Hall–Kier alpha value is -3.40. The third-order valence-corrected chi connectivity index (χ3v) is 6.17. The molecule has 0 N–H and O–H groups in total. The van der Waals surface area contributed by atoms with Gasteiger partial charge in [0.15, 0.2) is 0 Å². The molecule has 3 rings (SSSR count). The molecule has 186 valence electrons. The molecule has 10 heteroatoms. The minimum absolute atomic E-state index is 0.0553. The van der Waals surface area contributed by atoms with E-state index in [0.29, 0.717) is 18.2 Å². The number of carbonyl (C=O) groups is 1. The second-order valence-electron chi connectivity index (χ2n) is 8.27. The van der Waals surface area contributed by atoms with Crippen LogP contribution in [-0.4, -0.2) is 25.8 Å². The van der Waals surface area contributed by atoms with Crippen molar-refractivity contribution in [2.45, 2.75) is 31.5 Å². The minimum Gasteiger partial charge on any atom is -0.379 e. The highest BCUT2D eigenvalue weighted by atomic mass is 32.2. The number of nitrogens with zero attached hydrogens (tertiary/aromatic N) is 1. The number of halogens is 4. The first-order valence-electron chi connectivity index (χ1n) is 10.6. The Labute approximate surface area is 201 Å². The quantitative estimate of drug-likeness (QED) is 0.280. The standard InChI is InChI=1S/C25H23F4NO4S/c1-17(2)15-30(24(31)22-8-3-4-9-23(22)26)16-18-10-12-20(13-11-18)34-35(32,33)21-7-5-6-19(14-21)25(27,28)29/h3-14,17H,15-16H2,1-2H3. The number of benzene rings is 3. The number of rotatable bonds is 8. The summed E-state index contributed by atoms with van der Waals surface area (Å²) in [5.74, 6) is -1.12. The van der Waals surface area contributed by atoms with E-state index in [9.17, 15) is 30.8 Å². The topological polar surface area (TPSA) is 63.7 Å².